The molecule has 1 atom stereocenters. The van der Waals surface area contributed by atoms with E-state index in [2.05, 4.69) is 48.6 Å². The number of aromatic nitrogens is 5. The lowest BCUT2D eigenvalue weighted by atomic mass is 10.1. The number of fused-ring (bicyclic) bond motifs is 1. The van der Waals surface area contributed by atoms with E-state index in [4.69, 9.17) is 5.14 Å². The average Bonchev–Trinajstić information content (AvgIpc) is 3.03. The molecule has 29 heavy (non-hydrogen) atoms. The van der Waals surface area contributed by atoms with Crippen LogP contribution in [0.4, 0.5) is 17.6 Å². The predicted molar refractivity (Wildman–Crippen MR) is 116 cm³/mol. The summed E-state index contributed by atoms with van der Waals surface area (Å²) in [5.74, 6) is 3.01. The monoisotopic (exact) mass is 414 g/mol. The molecule has 0 spiro atoms. The largest absolute Gasteiger partial charge is 0.598 e. The number of anilines is 3. The van der Waals surface area contributed by atoms with Gasteiger partial charge in [0.1, 0.15) is 28.2 Å². The summed E-state index contributed by atoms with van der Waals surface area (Å²) in [4.78, 5) is 20.2. The van der Waals surface area contributed by atoms with Crippen molar-refractivity contribution in [3.63, 3.8) is 0 Å². The topological polar surface area (TPSA) is 121 Å². The van der Waals surface area contributed by atoms with Crippen molar-refractivity contribution in [1.29, 1.82) is 0 Å². The molecule has 0 saturated carbocycles. The van der Waals surface area contributed by atoms with E-state index in [0.29, 0.717) is 23.6 Å². The Labute approximate surface area is 173 Å². The number of nitrogens with zero attached hydrogens (tertiary/aromatic N) is 6. The highest BCUT2D eigenvalue weighted by Crippen LogP contribution is 2.25. The Balaban J connectivity index is 1.53. The highest BCUT2D eigenvalue weighted by Gasteiger charge is 2.27. The van der Waals surface area contributed by atoms with Gasteiger partial charge in [0.05, 0.1) is 11.7 Å². The number of imidazole rings is 1. The molecule has 1 saturated heterocycles. The lowest BCUT2D eigenvalue weighted by Crippen LogP contribution is -2.42. The maximum Gasteiger partial charge on any atom is 0.227 e. The molecule has 0 bridgehead atoms. The Morgan fingerprint density at radius 3 is 2.66 bits per heavy atom. The van der Waals surface area contributed by atoms with Crippen LogP contribution >= 0.6 is 0 Å². The minimum atomic E-state index is -1.26. The minimum Gasteiger partial charge on any atom is -0.598 e. The number of nitrogens with one attached hydrogen (secondary N) is 1. The Bertz CT molecular complexity index is 997. The third kappa shape index (κ3) is 4.14. The second kappa shape index (κ2) is 8.13. The second-order valence-corrected chi connectivity index (χ2v) is 8.89. The number of rotatable bonds is 5. The molecular formula is C19H26N8OS. The van der Waals surface area contributed by atoms with Gasteiger partial charge in [0.15, 0.2) is 0 Å². The Kier molecular flexibility index (Phi) is 5.57. The molecule has 154 valence electrons. The summed E-state index contributed by atoms with van der Waals surface area (Å²) >= 11 is -1.26. The first kappa shape index (κ1) is 19.9. The summed E-state index contributed by atoms with van der Waals surface area (Å²) in [7, 11) is 0. The first-order valence-corrected chi connectivity index (χ1v) is 11.0. The molecule has 3 N–H and O–H groups in total. The zero-order valence-electron chi connectivity index (χ0n) is 16.9. The summed E-state index contributed by atoms with van der Waals surface area (Å²) < 4.78 is 13.7. The van der Waals surface area contributed by atoms with Gasteiger partial charge in [-0.15, -0.1) is 0 Å². The first-order valence-electron chi connectivity index (χ1n) is 9.77. The predicted octanol–water partition coefficient (Wildman–Crippen LogP) is 2.45. The number of aryl methyl sites for hydroxylation is 1. The smallest absolute Gasteiger partial charge is 0.227 e. The van der Waals surface area contributed by atoms with Crippen molar-refractivity contribution in [2.24, 2.45) is 5.14 Å². The van der Waals surface area contributed by atoms with Crippen molar-refractivity contribution in [2.75, 3.05) is 23.3 Å². The highest BCUT2D eigenvalue weighted by atomic mass is 32.2. The molecule has 4 rings (SSSR count). The molecule has 1 unspecified atom stereocenters. The zero-order valence-corrected chi connectivity index (χ0v) is 17.7. The molecule has 0 amide bonds. The van der Waals surface area contributed by atoms with Crippen molar-refractivity contribution < 1.29 is 4.55 Å². The van der Waals surface area contributed by atoms with Crippen LogP contribution in [0.15, 0.2) is 24.5 Å². The molecule has 4 heterocycles. The zero-order chi connectivity index (χ0) is 20.5. The van der Waals surface area contributed by atoms with Gasteiger partial charge in [-0.2, -0.15) is 10.1 Å². The second-order valence-electron chi connectivity index (χ2n) is 7.56. The van der Waals surface area contributed by atoms with Crippen LogP contribution in [0.5, 0.6) is 0 Å². The summed E-state index contributed by atoms with van der Waals surface area (Å²) in [6.07, 6.45) is 5.07. The molecule has 1 aliphatic rings. The van der Waals surface area contributed by atoms with E-state index in [0.717, 1.165) is 42.8 Å². The molecule has 1 fully saturated rings. The fourth-order valence-corrected chi connectivity index (χ4v) is 4.50. The fraction of sp³-hybridized carbons (Fsp3) is 0.474. The van der Waals surface area contributed by atoms with Crippen LogP contribution in [-0.2, 0) is 11.4 Å². The number of nitrogens with two attached hydrogens (primary N) is 1. The van der Waals surface area contributed by atoms with Crippen molar-refractivity contribution in [1.82, 2.24) is 24.5 Å². The maximum absolute atomic E-state index is 11.5. The summed E-state index contributed by atoms with van der Waals surface area (Å²) in [6, 6.07) is 4.13. The van der Waals surface area contributed by atoms with Crippen LogP contribution < -0.4 is 15.4 Å². The van der Waals surface area contributed by atoms with E-state index in [1.54, 1.807) is 12.4 Å². The molecule has 0 radical (unpaired) electrons. The SMILES string of the molecule is Cc1nc2cnc(Nc3ccnc(N4CCC([S+](N)[O-])CC4)n3)cc2n1C(C)C. The van der Waals surface area contributed by atoms with Gasteiger partial charge < -0.3 is 19.3 Å². The van der Waals surface area contributed by atoms with Crippen molar-refractivity contribution >= 4 is 40.0 Å². The van der Waals surface area contributed by atoms with E-state index >= 15 is 0 Å². The van der Waals surface area contributed by atoms with Crippen molar-refractivity contribution in [3.05, 3.63) is 30.4 Å². The van der Waals surface area contributed by atoms with Gasteiger partial charge in [-0.05, 0) is 26.8 Å². The standard InChI is InChI=1S/C19H26N8OS/c1-12(2)27-13(3)23-15-11-22-18(10-16(15)27)24-17-4-7-21-19(25-17)26-8-5-14(6-9-26)29(20)28/h4,7,10-12,14H,5-6,8-9,20H2,1-3H3,(H,21,22,24,25). The van der Waals surface area contributed by atoms with E-state index in [1.807, 2.05) is 19.1 Å². The van der Waals surface area contributed by atoms with Crippen molar-refractivity contribution in [2.45, 2.75) is 44.9 Å². The highest BCUT2D eigenvalue weighted by molar-refractivity contribution is 7.89. The first-order chi connectivity index (χ1) is 13.9. The molecular weight excluding hydrogens is 388 g/mol. The fourth-order valence-electron chi connectivity index (χ4n) is 3.83. The summed E-state index contributed by atoms with van der Waals surface area (Å²) in [5, 5.41) is 8.86. The lowest BCUT2D eigenvalue weighted by Gasteiger charge is -2.31. The molecule has 0 aromatic carbocycles. The van der Waals surface area contributed by atoms with Gasteiger partial charge in [-0.1, -0.05) is 0 Å². The van der Waals surface area contributed by atoms with Gasteiger partial charge in [0.2, 0.25) is 5.95 Å². The van der Waals surface area contributed by atoms with Gasteiger partial charge >= 0.3 is 0 Å². The molecule has 10 heteroatoms. The van der Waals surface area contributed by atoms with Crippen molar-refractivity contribution in [3.8, 4) is 0 Å². The lowest BCUT2D eigenvalue weighted by molar-refractivity contribution is 0.526. The number of pyridine rings is 1. The number of hydrogen-bond donors (Lipinski definition) is 2. The van der Waals surface area contributed by atoms with E-state index in [-0.39, 0.29) is 5.25 Å². The third-order valence-electron chi connectivity index (χ3n) is 5.22. The van der Waals surface area contributed by atoms with Crippen LogP contribution in [0.25, 0.3) is 11.0 Å². The van der Waals surface area contributed by atoms with Crippen LogP contribution in [0.2, 0.25) is 0 Å². The van der Waals surface area contributed by atoms with E-state index in [9.17, 15) is 4.55 Å². The summed E-state index contributed by atoms with van der Waals surface area (Å²) in [5.41, 5.74) is 1.92. The molecule has 1 aliphatic heterocycles. The van der Waals surface area contributed by atoms with E-state index in [1.165, 1.54) is 0 Å². The van der Waals surface area contributed by atoms with Crippen LogP contribution in [0, 0.1) is 6.92 Å². The van der Waals surface area contributed by atoms with Crippen LogP contribution in [-0.4, -0.2) is 47.4 Å². The average molecular weight is 415 g/mol. The van der Waals surface area contributed by atoms with Crippen LogP contribution in [0.3, 0.4) is 0 Å². The van der Waals surface area contributed by atoms with E-state index < -0.39 is 11.4 Å². The normalized spacial score (nSPS) is 16.6. The number of hydrogen-bond acceptors (Lipinski definition) is 8. The third-order valence-corrected chi connectivity index (χ3v) is 6.35. The molecule has 3 aromatic rings. The van der Waals surface area contributed by atoms with Gasteiger partial charge in [0, 0.05) is 55.6 Å². The molecule has 3 aromatic heterocycles. The minimum absolute atomic E-state index is 0.0535. The quantitative estimate of drug-likeness (QED) is 0.611. The maximum atomic E-state index is 11.5. The molecule has 9 nitrogen and oxygen atoms in total. The van der Waals surface area contributed by atoms with Gasteiger partial charge in [0.25, 0.3) is 0 Å². The summed E-state index contributed by atoms with van der Waals surface area (Å²) in [6.45, 7) is 7.78. The van der Waals surface area contributed by atoms with Crippen LogP contribution in [0.1, 0.15) is 38.6 Å². The Hall–Kier alpha value is -2.43. The Morgan fingerprint density at radius 1 is 1.21 bits per heavy atom. The van der Waals surface area contributed by atoms with Gasteiger partial charge in [-0.25, -0.2) is 15.0 Å². The Morgan fingerprint density at radius 2 is 1.97 bits per heavy atom. The number of piperidine rings is 1. The van der Waals surface area contributed by atoms with Gasteiger partial charge in [-0.3, -0.25) is 0 Å². The molecule has 0 aliphatic carbocycles.